The molecule has 9 aromatic rings. The number of rotatable bonds is 5. The van der Waals surface area contributed by atoms with Crippen LogP contribution in [0.3, 0.4) is 0 Å². The summed E-state index contributed by atoms with van der Waals surface area (Å²) in [4.78, 5) is 2.41. The lowest BCUT2D eigenvalue weighted by Crippen LogP contribution is -2.16. The van der Waals surface area contributed by atoms with Crippen molar-refractivity contribution in [2.45, 2.75) is 25.7 Å². The average Bonchev–Trinajstić information content (AvgIpc) is 3.65. The maximum absolute atomic E-state index is 2.47. The minimum Gasteiger partial charge on any atom is -0.310 e. The van der Waals surface area contributed by atoms with Crippen LogP contribution in [0.1, 0.15) is 36.1 Å². The van der Waals surface area contributed by atoms with Gasteiger partial charge in [0.1, 0.15) is 0 Å². The second kappa shape index (κ2) is 10.8. The molecule has 0 bridgehead atoms. The Labute approximate surface area is 303 Å². The molecule has 1 heterocycles. The zero-order valence-electron chi connectivity index (χ0n) is 29.3. The van der Waals surface area contributed by atoms with E-state index < -0.39 is 0 Å². The van der Waals surface area contributed by atoms with Crippen LogP contribution < -0.4 is 4.90 Å². The molecule has 0 N–H and O–H groups in total. The fourth-order valence-corrected chi connectivity index (χ4v) is 9.32. The number of hydrogen-bond acceptors (Lipinski definition) is 1. The standard InChI is InChI=1S/C50H36N2/c1-50(2)43-16-7-6-15-41(43)42-28-27-40(31-44(42)50)51(37-21-18-33(19-22-37)32-10-4-3-5-11-32)38-23-25-39(26-24-38)52-45-17-9-14-36-30-35-13-8-12-34-20-29-46(52)49(47(34)35)48(36)45/h3-29,31H,30H2,1-2H3. The lowest BCUT2D eigenvalue weighted by molar-refractivity contribution is 0.660. The van der Waals surface area contributed by atoms with E-state index in [9.17, 15) is 0 Å². The number of benzene rings is 8. The van der Waals surface area contributed by atoms with Crippen LogP contribution in [-0.2, 0) is 11.8 Å². The van der Waals surface area contributed by atoms with E-state index in [-0.39, 0.29) is 5.41 Å². The molecule has 2 nitrogen and oxygen atoms in total. The molecule has 0 atom stereocenters. The highest BCUT2D eigenvalue weighted by molar-refractivity contribution is 6.24. The summed E-state index contributed by atoms with van der Waals surface area (Å²) in [6, 6.07) is 62.9. The van der Waals surface area contributed by atoms with Gasteiger partial charge in [-0.05, 0) is 122 Å². The molecule has 0 radical (unpaired) electrons. The molecule has 0 fully saturated rings. The van der Waals surface area contributed by atoms with Crippen LogP contribution in [0.15, 0.2) is 170 Å². The highest BCUT2D eigenvalue weighted by atomic mass is 15.1. The van der Waals surface area contributed by atoms with Crippen LogP contribution in [0.25, 0.3) is 60.5 Å². The Hall–Kier alpha value is -6.38. The Morgan fingerprint density at radius 1 is 0.462 bits per heavy atom. The second-order valence-corrected chi connectivity index (χ2v) is 15.0. The Balaban J connectivity index is 1.07. The van der Waals surface area contributed by atoms with E-state index in [1.54, 1.807) is 0 Å². The van der Waals surface area contributed by atoms with Gasteiger partial charge in [-0.15, -0.1) is 0 Å². The van der Waals surface area contributed by atoms with E-state index in [0.29, 0.717) is 0 Å². The fraction of sp³-hybridized carbons (Fsp3) is 0.0800. The molecule has 0 unspecified atom stereocenters. The Morgan fingerprint density at radius 2 is 1.10 bits per heavy atom. The van der Waals surface area contributed by atoms with Crippen molar-refractivity contribution >= 4 is 49.6 Å². The van der Waals surface area contributed by atoms with Gasteiger partial charge in [-0.3, -0.25) is 0 Å². The van der Waals surface area contributed by atoms with Gasteiger partial charge in [0, 0.05) is 38.9 Å². The molecule has 2 aliphatic carbocycles. The smallest absolute Gasteiger partial charge is 0.0547 e. The minimum atomic E-state index is -0.0856. The molecule has 246 valence electrons. The summed E-state index contributed by atoms with van der Waals surface area (Å²) >= 11 is 0. The Morgan fingerprint density at radius 3 is 1.90 bits per heavy atom. The maximum atomic E-state index is 2.47. The van der Waals surface area contributed by atoms with Gasteiger partial charge in [-0.2, -0.15) is 0 Å². The monoisotopic (exact) mass is 664 g/mol. The number of nitrogens with zero attached hydrogens (tertiary/aromatic N) is 2. The predicted molar refractivity (Wildman–Crippen MR) is 219 cm³/mol. The van der Waals surface area contributed by atoms with Crippen LogP contribution in [0, 0.1) is 0 Å². The summed E-state index contributed by atoms with van der Waals surface area (Å²) in [5.41, 5.74) is 17.7. The zero-order chi connectivity index (χ0) is 34.6. The van der Waals surface area contributed by atoms with Gasteiger partial charge in [0.2, 0.25) is 0 Å². The third-order valence-corrected chi connectivity index (χ3v) is 11.8. The lowest BCUT2D eigenvalue weighted by atomic mass is 9.82. The van der Waals surface area contributed by atoms with Crippen molar-refractivity contribution < 1.29 is 0 Å². The normalized spacial score (nSPS) is 13.7. The largest absolute Gasteiger partial charge is 0.310 e. The van der Waals surface area contributed by atoms with Crippen molar-refractivity contribution in [1.29, 1.82) is 0 Å². The van der Waals surface area contributed by atoms with Crippen molar-refractivity contribution in [1.82, 2.24) is 4.57 Å². The number of aromatic nitrogens is 1. The van der Waals surface area contributed by atoms with Crippen molar-refractivity contribution in [3.63, 3.8) is 0 Å². The molecule has 11 rings (SSSR count). The molecule has 0 spiro atoms. The van der Waals surface area contributed by atoms with Crippen LogP contribution >= 0.6 is 0 Å². The van der Waals surface area contributed by atoms with Gasteiger partial charge in [0.05, 0.1) is 11.0 Å². The molecule has 52 heavy (non-hydrogen) atoms. The quantitative estimate of drug-likeness (QED) is 0.178. The second-order valence-electron chi connectivity index (χ2n) is 15.0. The molecular formula is C50H36N2. The topological polar surface area (TPSA) is 8.17 Å². The molecule has 2 heteroatoms. The van der Waals surface area contributed by atoms with Crippen molar-refractivity contribution in [3.05, 3.63) is 192 Å². The highest BCUT2D eigenvalue weighted by Gasteiger charge is 2.35. The SMILES string of the molecule is CC1(C)c2ccccc2-c2ccc(N(c3ccc(-c4ccccc4)cc3)c3ccc(-n4c5cccc6c5c5c7c(cccc7ccc54)C6)cc3)cc21. The Kier molecular flexibility index (Phi) is 6.10. The number of anilines is 3. The van der Waals surface area contributed by atoms with Gasteiger partial charge in [-0.1, -0.05) is 123 Å². The third-order valence-electron chi connectivity index (χ3n) is 11.8. The van der Waals surface area contributed by atoms with Crippen LogP contribution in [0.5, 0.6) is 0 Å². The molecule has 0 amide bonds. The number of hydrogen-bond donors (Lipinski definition) is 0. The van der Waals surface area contributed by atoms with E-state index in [4.69, 9.17) is 0 Å². The lowest BCUT2D eigenvalue weighted by Gasteiger charge is -2.28. The highest BCUT2D eigenvalue weighted by Crippen LogP contribution is 2.51. The van der Waals surface area contributed by atoms with Gasteiger partial charge < -0.3 is 9.47 Å². The molecule has 0 aliphatic heterocycles. The molecule has 1 aromatic heterocycles. The van der Waals surface area contributed by atoms with Crippen molar-refractivity contribution in [3.8, 4) is 27.9 Å². The fourth-order valence-electron chi connectivity index (χ4n) is 9.32. The summed E-state index contributed by atoms with van der Waals surface area (Å²) in [5, 5.41) is 5.51. The van der Waals surface area contributed by atoms with Crippen LogP contribution in [0.2, 0.25) is 0 Å². The first-order valence-corrected chi connectivity index (χ1v) is 18.3. The van der Waals surface area contributed by atoms with E-state index in [1.807, 2.05) is 0 Å². The first-order chi connectivity index (χ1) is 25.5. The summed E-state index contributed by atoms with van der Waals surface area (Å²) < 4.78 is 2.47. The first-order valence-electron chi connectivity index (χ1n) is 18.3. The third kappa shape index (κ3) is 4.12. The molecule has 0 saturated carbocycles. The molecular weight excluding hydrogens is 629 g/mol. The van der Waals surface area contributed by atoms with E-state index in [0.717, 1.165) is 23.5 Å². The average molecular weight is 665 g/mol. The molecule has 8 aromatic carbocycles. The van der Waals surface area contributed by atoms with E-state index in [1.165, 1.54) is 82.8 Å². The van der Waals surface area contributed by atoms with Gasteiger partial charge >= 0.3 is 0 Å². The zero-order valence-corrected chi connectivity index (χ0v) is 29.3. The summed E-state index contributed by atoms with van der Waals surface area (Å²) in [6.45, 7) is 4.71. The van der Waals surface area contributed by atoms with Crippen LogP contribution in [0.4, 0.5) is 17.1 Å². The summed E-state index contributed by atoms with van der Waals surface area (Å²) in [7, 11) is 0. The minimum absolute atomic E-state index is 0.0856. The summed E-state index contributed by atoms with van der Waals surface area (Å²) in [6.07, 6.45) is 0.977. The number of fused-ring (bicyclic) bond motifs is 3. The van der Waals surface area contributed by atoms with Crippen molar-refractivity contribution in [2.24, 2.45) is 0 Å². The molecule has 2 aliphatic rings. The van der Waals surface area contributed by atoms with E-state index in [2.05, 4.69) is 193 Å². The van der Waals surface area contributed by atoms with Gasteiger partial charge in [0.25, 0.3) is 0 Å². The molecule has 0 saturated heterocycles. The van der Waals surface area contributed by atoms with Crippen LogP contribution in [-0.4, -0.2) is 4.57 Å². The Bertz CT molecular complexity index is 2870. The van der Waals surface area contributed by atoms with E-state index >= 15 is 0 Å². The first kappa shape index (κ1) is 29.4. The maximum Gasteiger partial charge on any atom is 0.0547 e. The van der Waals surface area contributed by atoms with Crippen molar-refractivity contribution in [2.75, 3.05) is 4.90 Å². The van der Waals surface area contributed by atoms with Gasteiger partial charge in [0.15, 0.2) is 0 Å². The summed E-state index contributed by atoms with van der Waals surface area (Å²) in [5.74, 6) is 0. The predicted octanol–water partition coefficient (Wildman–Crippen LogP) is 13.3. The van der Waals surface area contributed by atoms with Gasteiger partial charge in [-0.25, -0.2) is 0 Å².